The van der Waals surface area contributed by atoms with E-state index in [9.17, 15) is 28.0 Å². The van der Waals surface area contributed by atoms with Gasteiger partial charge < -0.3 is 21.3 Å². The minimum atomic E-state index is -0.512. The molecule has 0 unspecified atom stereocenters. The highest BCUT2D eigenvalue weighted by Crippen LogP contribution is 2.54. The van der Waals surface area contributed by atoms with Crippen molar-refractivity contribution < 1.29 is 28.0 Å². The molecule has 2 aromatic rings. The highest BCUT2D eigenvalue weighted by molar-refractivity contribution is 6.31. The van der Waals surface area contributed by atoms with Crippen molar-refractivity contribution in [3.63, 3.8) is 0 Å². The van der Waals surface area contributed by atoms with Crippen molar-refractivity contribution >= 4 is 46.8 Å². The van der Waals surface area contributed by atoms with Crippen molar-refractivity contribution in [2.24, 2.45) is 22.7 Å². The van der Waals surface area contributed by atoms with Gasteiger partial charge in [0.1, 0.15) is 11.6 Å². The molecule has 0 aromatic heterocycles. The van der Waals surface area contributed by atoms with Crippen LogP contribution in [0.1, 0.15) is 86.9 Å². The van der Waals surface area contributed by atoms with E-state index in [1.165, 1.54) is 36.4 Å². The number of hydrogen-bond donors (Lipinski definition) is 4. The Labute approximate surface area is 327 Å². The number of benzene rings is 2. The number of carbonyl (C=O) groups is 4. The predicted octanol–water partition coefficient (Wildman–Crippen LogP) is 5.67. The van der Waals surface area contributed by atoms with Crippen molar-refractivity contribution in [1.29, 1.82) is 0 Å². The molecule has 296 valence electrons. The summed E-state index contributed by atoms with van der Waals surface area (Å²) < 4.78 is 26.9. The van der Waals surface area contributed by atoms with Gasteiger partial charge in [0.25, 0.3) is 11.8 Å². The van der Waals surface area contributed by atoms with Crippen LogP contribution in [0.3, 0.4) is 0 Å². The van der Waals surface area contributed by atoms with Crippen molar-refractivity contribution in [2.75, 3.05) is 52.4 Å². The largest absolute Gasteiger partial charge is 0.355 e. The van der Waals surface area contributed by atoms with Gasteiger partial charge in [0.15, 0.2) is 0 Å². The Hall–Kier alpha value is -3.32. The van der Waals surface area contributed by atoms with E-state index in [1.54, 1.807) is 0 Å². The zero-order chi connectivity index (χ0) is 39.2. The molecule has 0 bridgehead atoms. The van der Waals surface area contributed by atoms with E-state index in [0.29, 0.717) is 38.0 Å². The number of hydrogen-bond acceptors (Lipinski definition) is 6. The Bertz CT molecular complexity index is 1520. The summed E-state index contributed by atoms with van der Waals surface area (Å²) in [5.74, 6) is -0.553. The first-order valence-corrected chi connectivity index (χ1v) is 19.8. The molecule has 54 heavy (non-hydrogen) atoms. The molecule has 6 rings (SSSR count). The minimum Gasteiger partial charge on any atom is -0.355 e. The maximum Gasteiger partial charge on any atom is 0.251 e. The molecule has 2 aliphatic heterocycles. The number of amides is 4. The summed E-state index contributed by atoms with van der Waals surface area (Å²) in [6, 6.07) is 7.96. The van der Waals surface area contributed by atoms with Gasteiger partial charge >= 0.3 is 0 Å². The van der Waals surface area contributed by atoms with E-state index >= 15 is 0 Å². The number of nitrogens with one attached hydrogen (secondary N) is 4. The maximum atomic E-state index is 13.4. The zero-order valence-corrected chi connectivity index (χ0v) is 33.2. The molecular formula is C40H54Cl2F2N6O4. The van der Waals surface area contributed by atoms with E-state index in [2.05, 4.69) is 58.8 Å². The third-order valence-corrected chi connectivity index (χ3v) is 11.5. The fourth-order valence-electron chi connectivity index (χ4n) is 7.53. The molecule has 14 heteroatoms. The SMILES string of the molecule is CC(C)CNC(=O)CN1CCC2(CC1)C[C@@H]2NC(=O)c1cc(F)cc(Cl)c1.CC(C)CNC(=O)CN1CCC2(CC1)C[C@H]2NC(=O)c1cc(F)cc(Cl)c1. The summed E-state index contributed by atoms with van der Waals surface area (Å²) >= 11 is 11.7. The standard InChI is InChI=1S/2C20H27ClFN3O2/c2*1-13(2)11-23-18(26)12-25-5-3-20(4-6-25)10-17(20)24-19(27)14-7-15(21)9-16(22)8-14/h2*7-9,13,17H,3-6,10-12H2,1-2H3,(H,23,26)(H,24,27)/t2*17-/m10/s1. The lowest BCUT2D eigenvalue weighted by molar-refractivity contribution is -0.123. The van der Waals surface area contributed by atoms with Gasteiger partial charge in [-0.2, -0.15) is 0 Å². The van der Waals surface area contributed by atoms with E-state index in [0.717, 1.165) is 64.7 Å². The summed E-state index contributed by atoms with van der Waals surface area (Å²) in [6.07, 6.45) is 5.71. The van der Waals surface area contributed by atoms with Crippen LogP contribution in [0.2, 0.25) is 10.0 Å². The number of nitrogens with zero attached hydrogens (tertiary/aromatic N) is 2. The summed E-state index contributed by atoms with van der Waals surface area (Å²) in [5.41, 5.74) is 0.748. The molecule has 4 fully saturated rings. The molecule has 2 aromatic carbocycles. The summed E-state index contributed by atoms with van der Waals surface area (Å²) in [7, 11) is 0. The summed E-state index contributed by atoms with van der Waals surface area (Å²) in [4.78, 5) is 53.0. The van der Waals surface area contributed by atoms with Crippen molar-refractivity contribution in [2.45, 2.75) is 78.3 Å². The molecule has 2 heterocycles. The monoisotopic (exact) mass is 790 g/mol. The van der Waals surface area contributed by atoms with Crippen LogP contribution in [0.15, 0.2) is 36.4 Å². The summed E-state index contributed by atoms with van der Waals surface area (Å²) in [6.45, 7) is 14.0. The van der Waals surface area contributed by atoms with Crippen LogP contribution in [0.25, 0.3) is 0 Å². The van der Waals surface area contributed by atoms with Gasteiger partial charge in [0.2, 0.25) is 11.8 Å². The topological polar surface area (TPSA) is 123 Å². The average Bonchev–Trinajstić information content (AvgIpc) is 3.98. The van der Waals surface area contributed by atoms with Crippen LogP contribution in [0.5, 0.6) is 0 Å². The predicted molar refractivity (Wildman–Crippen MR) is 206 cm³/mol. The van der Waals surface area contributed by atoms with Crippen molar-refractivity contribution in [3.8, 4) is 0 Å². The maximum absolute atomic E-state index is 13.4. The first-order valence-electron chi connectivity index (χ1n) is 19.1. The summed E-state index contributed by atoms with van der Waals surface area (Å²) in [5, 5.41) is 12.4. The van der Waals surface area contributed by atoms with E-state index in [-0.39, 0.29) is 67.7 Å². The molecule has 2 aliphatic carbocycles. The molecule has 10 nitrogen and oxygen atoms in total. The minimum absolute atomic E-state index is 0.0725. The Balaban J connectivity index is 0.000000208. The molecule has 0 radical (unpaired) electrons. The highest BCUT2D eigenvalue weighted by atomic mass is 35.5. The number of piperidine rings is 2. The Morgan fingerprint density at radius 1 is 0.648 bits per heavy atom. The molecule has 4 N–H and O–H groups in total. The third kappa shape index (κ3) is 11.8. The van der Waals surface area contributed by atoms with Crippen LogP contribution in [0, 0.1) is 34.3 Å². The van der Waals surface area contributed by atoms with Gasteiger partial charge in [-0.05, 0) is 124 Å². The van der Waals surface area contributed by atoms with Crippen molar-refractivity contribution in [3.05, 3.63) is 69.2 Å². The lowest BCUT2D eigenvalue weighted by Crippen LogP contribution is -2.44. The second kappa shape index (κ2) is 18.1. The van der Waals surface area contributed by atoms with Gasteiger partial charge in [-0.25, -0.2) is 8.78 Å². The first kappa shape index (κ1) is 41.8. The quantitative estimate of drug-likeness (QED) is 0.220. The zero-order valence-electron chi connectivity index (χ0n) is 31.7. The fourth-order valence-corrected chi connectivity index (χ4v) is 7.97. The lowest BCUT2D eigenvalue weighted by Gasteiger charge is -2.32. The number of rotatable bonds is 12. The highest BCUT2D eigenvalue weighted by Gasteiger charge is 2.56. The van der Waals surface area contributed by atoms with Crippen LogP contribution in [-0.4, -0.2) is 97.9 Å². The number of halogens is 4. The molecule has 2 saturated carbocycles. The average molecular weight is 792 g/mol. The lowest BCUT2D eigenvalue weighted by atomic mass is 9.92. The Morgan fingerprint density at radius 2 is 1.00 bits per heavy atom. The Kier molecular flexibility index (Phi) is 14.0. The van der Waals surface area contributed by atoms with Crippen LogP contribution >= 0.6 is 23.2 Å². The first-order chi connectivity index (χ1) is 25.5. The van der Waals surface area contributed by atoms with Gasteiger partial charge in [-0.15, -0.1) is 0 Å². The number of carbonyl (C=O) groups excluding carboxylic acids is 4. The van der Waals surface area contributed by atoms with Gasteiger partial charge in [-0.1, -0.05) is 50.9 Å². The Morgan fingerprint density at radius 3 is 1.31 bits per heavy atom. The van der Waals surface area contributed by atoms with Crippen molar-refractivity contribution in [1.82, 2.24) is 31.1 Å². The normalized spacial score (nSPS) is 21.3. The van der Waals surface area contributed by atoms with Crippen LogP contribution in [0.4, 0.5) is 8.78 Å². The van der Waals surface area contributed by atoms with Gasteiger partial charge in [-0.3, -0.25) is 29.0 Å². The third-order valence-electron chi connectivity index (χ3n) is 11.1. The van der Waals surface area contributed by atoms with Gasteiger partial charge in [0.05, 0.1) is 13.1 Å². The molecule has 4 amide bonds. The van der Waals surface area contributed by atoms with Crippen LogP contribution < -0.4 is 21.3 Å². The molecule has 2 atom stereocenters. The smallest absolute Gasteiger partial charge is 0.251 e. The molecular weight excluding hydrogens is 737 g/mol. The van der Waals surface area contributed by atoms with E-state index < -0.39 is 11.6 Å². The molecule has 2 spiro atoms. The molecule has 2 saturated heterocycles. The second-order valence-electron chi connectivity index (χ2n) is 16.4. The van der Waals surface area contributed by atoms with Gasteiger partial charge in [0, 0.05) is 46.3 Å². The second-order valence-corrected chi connectivity index (χ2v) is 17.3. The fraction of sp³-hybridized carbons (Fsp3) is 0.600. The van der Waals surface area contributed by atoms with Crippen LogP contribution in [-0.2, 0) is 9.59 Å². The molecule has 4 aliphatic rings. The van der Waals surface area contributed by atoms with E-state index in [1.807, 2.05) is 0 Å². The van der Waals surface area contributed by atoms with E-state index in [4.69, 9.17) is 23.2 Å². The number of likely N-dealkylation sites (tertiary alicyclic amines) is 2.